The van der Waals surface area contributed by atoms with Crippen LogP contribution in [0.3, 0.4) is 0 Å². The standard InChI is InChI=1S/C8H14O2S2/c1-2-5-8(11,12)6-3-4-7(9)10/h2,11-12H,1,3-6H2,(H,9,10). The van der Waals surface area contributed by atoms with E-state index in [1.165, 1.54) is 0 Å². The Balaban J connectivity index is 3.60. The summed E-state index contributed by atoms with van der Waals surface area (Å²) in [4.78, 5) is 10.2. The third-order valence-corrected chi connectivity index (χ3v) is 2.25. The maximum Gasteiger partial charge on any atom is 0.303 e. The molecule has 0 unspecified atom stereocenters. The van der Waals surface area contributed by atoms with Crippen molar-refractivity contribution in [2.24, 2.45) is 0 Å². The van der Waals surface area contributed by atoms with E-state index in [9.17, 15) is 4.79 Å². The number of aliphatic carboxylic acids is 1. The molecule has 12 heavy (non-hydrogen) atoms. The fraction of sp³-hybridized carbons (Fsp3) is 0.625. The predicted molar refractivity (Wildman–Crippen MR) is 57.0 cm³/mol. The summed E-state index contributed by atoms with van der Waals surface area (Å²) < 4.78 is -0.406. The second kappa shape index (κ2) is 5.54. The Labute approximate surface area is 83.9 Å². The van der Waals surface area contributed by atoms with E-state index in [2.05, 4.69) is 31.8 Å². The topological polar surface area (TPSA) is 37.3 Å². The molecular weight excluding hydrogens is 192 g/mol. The summed E-state index contributed by atoms with van der Waals surface area (Å²) in [6.07, 6.45) is 3.88. The molecule has 0 aliphatic rings. The van der Waals surface area contributed by atoms with Gasteiger partial charge in [0.15, 0.2) is 0 Å². The Hall–Kier alpha value is -0.0900. The Morgan fingerprint density at radius 2 is 2.17 bits per heavy atom. The second-order valence-corrected chi connectivity index (χ2v) is 4.79. The van der Waals surface area contributed by atoms with E-state index < -0.39 is 10.0 Å². The van der Waals surface area contributed by atoms with Gasteiger partial charge in [0, 0.05) is 6.42 Å². The van der Waals surface area contributed by atoms with Crippen LogP contribution in [0.15, 0.2) is 12.7 Å². The Morgan fingerprint density at radius 3 is 2.58 bits per heavy atom. The first kappa shape index (κ1) is 11.9. The van der Waals surface area contributed by atoms with Gasteiger partial charge in [-0.25, -0.2) is 0 Å². The summed E-state index contributed by atoms with van der Waals surface area (Å²) >= 11 is 8.54. The smallest absolute Gasteiger partial charge is 0.303 e. The molecule has 0 aromatic carbocycles. The van der Waals surface area contributed by atoms with E-state index in [-0.39, 0.29) is 6.42 Å². The highest BCUT2D eigenvalue weighted by atomic mass is 32.2. The van der Waals surface area contributed by atoms with Gasteiger partial charge in [-0.15, -0.1) is 6.58 Å². The molecule has 0 amide bonds. The summed E-state index contributed by atoms with van der Waals surface area (Å²) in [5.74, 6) is -0.772. The molecular formula is C8H14O2S2. The van der Waals surface area contributed by atoms with E-state index in [0.717, 1.165) is 0 Å². The van der Waals surface area contributed by atoms with Crippen LogP contribution in [0.2, 0.25) is 0 Å². The van der Waals surface area contributed by atoms with Gasteiger partial charge < -0.3 is 5.11 Å². The van der Waals surface area contributed by atoms with Crippen LogP contribution in [0.5, 0.6) is 0 Å². The fourth-order valence-electron chi connectivity index (χ4n) is 0.856. The zero-order chi connectivity index (χ0) is 9.61. The highest BCUT2D eigenvalue weighted by Crippen LogP contribution is 2.30. The van der Waals surface area contributed by atoms with Crippen LogP contribution >= 0.6 is 25.3 Å². The van der Waals surface area contributed by atoms with Crippen LogP contribution in [0, 0.1) is 0 Å². The van der Waals surface area contributed by atoms with Crippen molar-refractivity contribution in [1.29, 1.82) is 0 Å². The molecule has 0 radical (unpaired) electrons. The van der Waals surface area contributed by atoms with Crippen LogP contribution in [0.4, 0.5) is 0 Å². The summed E-state index contributed by atoms with van der Waals surface area (Å²) in [6, 6.07) is 0. The number of hydrogen-bond acceptors (Lipinski definition) is 3. The number of thiol groups is 2. The van der Waals surface area contributed by atoms with Crippen LogP contribution in [0.25, 0.3) is 0 Å². The number of carbonyl (C=O) groups is 1. The van der Waals surface area contributed by atoms with Gasteiger partial charge in [0.25, 0.3) is 0 Å². The van der Waals surface area contributed by atoms with E-state index in [1.807, 2.05) is 0 Å². The molecule has 0 aromatic rings. The van der Waals surface area contributed by atoms with E-state index in [4.69, 9.17) is 5.11 Å². The van der Waals surface area contributed by atoms with Gasteiger partial charge in [-0.05, 0) is 19.3 Å². The van der Waals surface area contributed by atoms with Crippen LogP contribution in [-0.2, 0) is 4.79 Å². The summed E-state index contributed by atoms with van der Waals surface area (Å²) in [5.41, 5.74) is 0. The first-order valence-electron chi connectivity index (χ1n) is 3.75. The zero-order valence-electron chi connectivity index (χ0n) is 6.86. The van der Waals surface area contributed by atoms with Gasteiger partial charge in [-0.3, -0.25) is 4.79 Å². The van der Waals surface area contributed by atoms with E-state index in [1.54, 1.807) is 6.08 Å². The number of allylic oxidation sites excluding steroid dienone is 1. The largest absolute Gasteiger partial charge is 0.481 e. The molecule has 1 N–H and O–H groups in total. The van der Waals surface area contributed by atoms with Crippen LogP contribution in [0.1, 0.15) is 25.7 Å². The van der Waals surface area contributed by atoms with Crippen molar-refractivity contribution < 1.29 is 9.90 Å². The molecule has 0 heterocycles. The third kappa shape index (κ3) is 6.61. The van der Waals surface area contributed by atoms with Gasteiger partial charge in [0.2, 0.25) is 0 Å². The lowest BCUT2D eigenvalue weighted by atomic mass is 10.1. The number of hydrogen-bond donors (Lipinski definition) is 3. The van der Waals surface area contributed by atoms with Gasteiger partial charge in [0.05, 0.1) is 4.08 Å². The lowest BCUT2D eigenvalue weighted by Crippen LogP contribution is -2.12. The van der Waals surface area contributed by atoms with Crippen molar-refractivity contribution in [2.45, 2.75) is 29.8 Å². The molecule has 70 valence electrons. The number of rotatable bonds is 6. The minimum atomic E-state index is -0.772. The molecule has 4 heteroatoms. The lowest BCUT2D eigenvalue weighted by molar-refractivity contribution is -0.137. The second-order valence-electron chi connectivity index (χ2n) is 2.72. The van der Waals surface area contributed by atoms with Crippen LogP contribution in [-0.4, -0.2) is 15.2 Å². The Morgan fingerprint density at radius 1 is 1.58 bits per heavy atom. The average Bonchev–Trinajstić information content (AvgIpc) is 1.85. The molecule has 0 aliphatic heterocycles. The maximum atomic E-state index is 10.2. The van der Waals surface area contributed by atoms with Gasteiger partial charge in [-0.2, -0.15) is 25.3 Å². The third-order valence-electron chi connectivity index (χ3n) is 1.44. The van der Waals surface area contributed by atoms with Gasteiger partial charge in [0.1, 0.15) is 0 Å². The summed E-state index contributed by atoms with van der Waals surface area (Å²) in [6.45, 7) is 3.57. The van der Waals surface area contributed by atoms with Crippen LogP contribution < -0.4 is 0 Å². The van der Waals surface area contributed by atoms with Crippen molar-refractivity contribution in [2.75, 3.05) is 0 Å². The molecule has 0 spiro atoms. The quantitative estimate of drug-likeness (QED) is 0.354. The molecule has 0 atom stereocenters. The molecule has 0 fully saturated rings. The maximum absolute atomic E-state index is 10.2. The monoisotopic (exact) mass is 206 g/mol. The Kier molecular flexibility index (Phi) is 5.50. The van der Waals surface area contributed by atoms with E-state index >= 15 is 0 Å². The van der Waals surface area contributed by atoms with Crippen molar-refractivity contribution >= 4 is 31.2 Å². The van der Waals surface area contributed by atoms with Crippen molar-refractivity contribution in [3.63, 3.8) is 0 Å². The molecule has 0 bridgehead atoms. The minimum Gasteiger partial charge on any atom is -0.481 e. The van der Waals surface area contributed by atoms with E-state index in [0.29, 0.717) is 19.3 Å². The lowest BCUT2D eigenvalue weighted by Gasteiger charge is -2.19. The molecule has 2 nitrogen and oxygen atoms in total. The van der Waals surface area contributed by atoms with Gasteiger partial charge >= 0.3 is 5.97 Å². The predicted octanol–water partition coefficient (Wildman–Crippen LogP) is 2.37. The molecule has 0 aliphatic carbocycles. The molecule has 0 rings (SSSR count). The average molecular weight is 206 g/mol. The summed E-state index contributed by atoms with van der Waals surface area (Å²) in [5, 5.41) is 8.37. The first-order chi connectivity index (χ1) is 5.48. The normalized spacial score (nSPS) is 11.2. The summed E-state index contributed by atoms with van der Waals surface area (Å²) in [7, 11) is 0. The molecule has 0 saturated heterocycles. The first-order valence-corrected chi connectivity index (χ1v) is 4.65. The minimum absolute atomic E-state index is 0.181. The SMILES string of the molecule is C=CCC(S)(S)CCCC(=O)O. The zero-order valence-corrected chi connectivity index (χ0v) is 8.65. The molecule has 0 aromatic heterocycles. The van der Waals surface area contributed by atoms with Gasteiger partial charge in [-0.1, -0.05) is 6.08 Å². The van der Waals surface area contributed by atoms with Crippen molar-refractivity contribution in [3.8, 4) is 0 Å². The van der Waals surface area contributed by atoms with Crippen molar-refractivity contribution in [1.82, 2.24) is 0 Å². The highest BCUT2D eigenvalue weighted by Gasteiger charge is 2.17. The van der Waals surface area contributed by atoms with Crippen molar-refractivity contribution in [3.05, 3.63) is 12.7 Å². The Bertz CT molecular complexity index is 166. The highest BCUT2D eigenvalue weighted by molar-refractivity contribution is 8.00. The number of carboxylic acid groups (broad SMARTS) is 1. The number of carboxylic acids is 1. The molecule has 0 saturated carbocycles. The fourth-order valence-corrected chi connectivity index (χ4v) is 1.43.